The lowest BCUT2D eigenvalue weighted by Crippen LogP contribution is -2.28. The molecule has 108 valence electrons. The summed E-state index contributed by atoms with van der Waals surface area (Å²) >= 11 is 0. The van der Waals surface area contributed by atoms with Gasteiger partial charge in [0, 0.05) is 6.54 Å². The molecule has 0 bridgehead atoms. The van der Waals surface area contributed by atoms with E-state index in [4.69, 9.17) is 9.84 Å². The van der Waals surface area contributed by atoms with Crippen molar-refractivity contribution in [2.24, 2.45) is 11.8 Å². The van der Waals surface area contributed by atoms with Crippen molar-refractivity contribution in [3.63, 3.8) is 0 Å². The number of carbonyl (C=O) groups is 2. The number of hydrogen-bond donors (Lipinski definition) is 2. The standard InChI is InChI=1S/C14H16FNO4/c15-9-2-4-10(5-3-9)20-7-1-6-16-13(17)11-8-12(11)14(18)19/h2-5,11-12H,1,6-8H2,(H,16,17)(H,18,19)/t11-,12-/m0/s1. The molecule has 5 nitrogen and oxygen atoms in total. The van der Waals surface area contributed by atoms with Crippen LogP contribution in [-0.4, -0.2) is 30.1 Å². The van der Waals surface area contributed by atoms with Crippen molar-refractivity contribution in [1.29, 1.82) is 0 Å². The Hall–Kier alpha value is -2.11. The third kappa shape index (κ3) is 3.94. The Morgan fingerprint density at radius 1 is 1.30 bits per heavy atom. The fourth-order valence-corrected chi connectivity index (χ4v) is 1.89. The number of carboxylic acid groups (broad SMARTS) is 1. The van der Waals surface area contributed by atoms with E-state index < -0.39 is 11.9 Å². The zero-order valence-electron chi connectivity index (χ0n) is 10.8. The molecule has 1 aliphatic carbocycles. The minimum Gasteiger partial charge on any atom is -0.494 e. The number of rotatable bonds is 7. The monoisotopic (exact) mass is 281 g/mol. The van der Waals surface area contributed by atoms with Gasteiger partial charge in [-0.25, -0.2) is 4.39 Å². The van der Waals surface area contributed by atoms with Gasteiger partial charge in [-0.2, -0.15) is 0 Å². The summed E-state index contributed by atoms with van der Waals surface area (Å²) in [5.74, 6) is -1.77. The molecule has 1 aliphatic rings. The van der Waals surface area contributed by atoms with Gasteiger partial charge in [-0.3, -0.25) is 9.59 Å². The van der Waals surface area contributed by atoms with Crippen LogP contribution in [0.25, 0.3) is 0 Å². The molecule has 0 saturated heterocycles. The number of benzene rings is 1. The Balaban J connectivity index is 1.57. The van der Waals surface area contributed by atoms with E-state index in [1.165, 1.54) is 24.3 Å². The fraction of sp³-hybridized carbons (Fsp3) is 0.429. The lowest BCUT2D eigenvalue weighted by atomic mass is 10.3. The van der Waals surface area contributed by atoms with Gasteiger partial charge < -0.3 is 15.2 Å². The highest BCUT2D eigenvalue weighted by Crippen LogP contribution is 2.38. The van der Waals surface area contributed by atoms with Crippen LogP contribution in [0, 0.1) is 17.7 Å². The highest BCUT2D eigenvalue weighted by atomic mass is 19.1. The Morgan fingerprint density at radius 2 is 2.00 bits per heavy atom. The highest BCUT2D eigenvalue weighted by Gasteiger charge is 2.48. The first kappa shape index (κ1) is 14.3. The van der Waals surface area contributed by atoms with E-state index in [0.29, 0.717) is 31.7 Å². The van der Waals surface area contributed by atoms with Crippen molar-refractivity contribution in [3.8, 4) is 5.75 Å². The molecule has 1 saturated carbocycles. The number of halogens is 1. The van der Waals surface area contributed by atoms with Gasteiger partial charge in [0.2, 0.25) is 5.91 Å². The Kier molecular flexibility index (Phi) is 4.55. The van der Waals surface area contributed by atoms with Crippen molar-refractivity contribution in [2.75, 3.05) is 13.2 Å². The van der Waals surface area contributed by atoms with Crippen LogP contribution in [0.3, 0.4) is 0 Å². The van der Waals surface area contributed by atoms with Gasteiger partial charge in [0.15, 0.2) is 0 Å². The number of aliphatic carboxylic acids is 1. The number of amides is 1. The van der Waals surface area contributed by atoms with Crippen molar-refractivity contribution in [2.45, 2.75) is 12.8 Å². The lowest BCUT2D eigenvalue weighted by Gasteiger charge is -2.07. The summed E-state index contributed by atoms with van der Waals surface area (Å²) in [6.45, 7) is 0.835. The summed E-state index contributed by atoms with van der Waals surface area (Å²) in [6, 6.07) is 5.71. The second kappa shape index (κ2) is 6.36. The molecule has 0 radical (unpaired) electrons. The van der Waals surface area contributed by atoms with Crippen LogP contribution in [0.1, 0.15) is 12.8 Å². The lowest BCUT2D eigenvalue weighted by molar-refractivity contribution is -0.140. The molecule has 0 unspecified atom stereocenters. The van der Waals surface area contributed by atoms with Crippen molar-refractivity contribution in [1.82, 2.24) is 5.32 Å². The first-order valence-electron chi connectivity index (χ1n) is 6.47. The summed E-state index contributed by atoms with van der Waals surface area (Å²) < 4.78 is 18.0. The zero-order valence-corrected chi connectivity index (χ0v) is 10.8. The molecule has 0 spiro atoms. The summed E-state index contributed by atoms with van der Waals surface area (Å²) in [5, 5.41) is 11.4. The van der Waals surface area contributed by atoms with Gasteiger partial charge in [-0.1, -0.05) is 0 Å². The molecule has 0 aromatic heterocycles. The SMILES string of the molecule is O=C(O)[C@H]1C[C@@H]1C(=O)NCCCOc1ccc(F)cc1. The van der Waals surface area contributed by atoms with Gasteiger partial charge in [-0.05, 0) is 37.1 Å². The first-order valence-corrected chi connectivity index (χ1v) is 6.47. The molecule has 1 aromatic rings. The van der Waals surface area contributed by atoms with E-state index in [0.717, 1.165) is 0 Å². The average molecular weight is 281 g/mol. The van der Waals surface area contributed by atoms with Crippen molar-refractivity contribution < 1.29 is 23.8 Å². The number of hydrogen-bond acceptors (Lipinski definition) is 3. The van der Waals surface area contributed by atoms with E-state index in [1.807, 2.05) is 0 Å². The molecule has 1 aromatic carbocycles. The predicted molar refractivity (Wildman–Crippen MR) is 68.8 cm³/mol. The Bertz CT molecular complexity index is 488. The van der Waals surface area contributed by atoms with Crippen LogP contribution in [-0.2, 0) is 9.59 Å². The minimum absolute atomic E-state index is 0.209. The Labute approximate surface area is 115 Å². The van der Waals surface area contributed by atoms with E-state index in [9.17, 15) is 14.0 Å². The van der Waals surface area contributed by atoms with Crippen molar-refractivity contribution >= 4 is 11.9 Å². The van der Waals surface area contributed by atoms with Crippen LogP contribution >= 0.6 is 0 Å². The van der Waals surface area contributed by atoms with E-state index in [2.05, 4.69) is 5.32 Å². The summed E-state index contributed by atoms with van der Waals surface area (Å²) in [5.41, 5.74) is 0. The van der Waals surface area contributed by atoms with Gasteiger partial charge in [0.1, 0.15) is 11.6 Å². The Morgan fingerprint density at radius 3 is 2.60 bits per heavy atom. The van der Waals surface area contributed by atoms with Crippen molar-refractivity contribution in [3.05, 3.63) is 30.1 Å². The largest absolute Gasteiger partial charge is 0.494 e. The molecular weight excluding hydrogens is 265 g/mol. The maximum Gasteiger partial charge on any atom is 0.307 e. The third-order valence-corrected chi connectivity index (χ3v) is 3.15. The summed E-state index contributed by atoms with van der Waals surface area (Å²) in [7, 11) is 0. The summed E-state index contributed by atoms with van der Waals surface area (Å²) in [4.78, 5) is 22.1. The molecule has 2 N–H and O–H groups in total. The van der Waals surface area contributed by atoms with Gasteiger partial charge >= 0.3 is 5.97 Å². The van der Waals surface area contributed by atoms with Crippen LogP contribution in [0.5, 0.6) is 5.75 Å². The van der Waals surface area contributed by atoms with Crippen LogP contribution in [0.2, 0.25) is 0 Å². The zero-order chi connectivity index (χ0) is 14.5. The molecule has 0 aliphatic heterocycles. The second-order valence-corrected chi connectivity index (χ2v) is 4.73. The smallest absolute Gasteiger partial charge is 0.307 e. The third-order valence-electron chi connectivity index (χ3n) is 3.15. The van der Waals surface area contributed by atoms with Crippen LogP contribution in [0.15, 0.2) is 24.3 Å². The topological polar surface area (TPSA) is 75.6 Å². The molecule has 6 heteroatoms. The predicted octanol–water partition coefficient (Wildman–Crippen LogP) is 1.43. The minimum atomic E-state index is -0.912. The number of carboxylic acids is 1. The first-order chi connectivity index (χ1) is 9.58. The normalized spacial score (nSPS) is 20.2. The van der Waals surface area contributed by atoms with Gasteiger partial charge in [0.05, 0.1) is 18.4 Å². The molecule has 20 heavy (non-hydrogen) atoms. The molecular formula is C14H16FNO4. The fourth-order valence-electron chi connectivity index (χ4n) is 1.89. The number of carbonyl (C=O) groups excluding carboxylic acids is 1. The molecule has 0 heterocycles. The maximum absolute atomic E-state index is 12.6. The molecule has 2 atom stereocenters. The molecule has 1 fully saturated rings. The highest BCUT2D eigenvalue weighted by molar-refractivity contribution is 5.89. The number of nitrogens with one attached hydrogen (secondary N) is 1. The van der Waals surface area contributed by atoms with Crippen LogP contribution < -0.4 is 10.1 Å². The molecule has 1 amide bonds. The quantitative estimate of drug-likeness (QED) is 0.741. The maximum atomic E-state index is 12.6. The second-order valence-electron chi connectivity index (χ2n) is 4.73. The van der Waals surface area contributed by atoms with E-state index in [-0.39, 0.29) is 17.6 Å². The molecule has 2 rings (SSSR count). The van der Waals surface area contributed by atoms with Gasteiger partial charge in [0.25, 0.3) is 0 Å². The van der Waals surface area contributed by atoms with E-state index in [1.54, 1.807) is 0 Å². The number of ether oxygens (including phenoxy) is 1. The van der Waals surface area contributed by atoms with Crippen LogP contribution in [0.4, 0.5) is 4.39 Å². The van der Waals surface area contributed by atoms with E-state index >= 15 is 0 Å². The average Bonchev–Trinajstić information content (AvgIpc) is 3.21. The van der Waals surface area contributed by atoms with Gasteiger partial charge in [-0.15, -0.1) is 0 Å². The summed E-state index contributed by atoms with van der Waals surface area (Å²) in [6.07, 6.45) is 1.03.